The van der Waals surface area contributed by atoms with Crippen LogP contribution in [0.15, 0.2) is 24.3 Å². The van der Waals surface area contributed by atoms with Crippen LogP contribution in [0.3, 0.4) is 0 Å². The van der Waals surface area contributed by atoms with Crippen molar-refractivity contribution in [2.45, 2.75) is 31.7 Å². The van der Waals surface area contributed by atoms with Crippen LogP contribution >= 0.6 is 0 Å². The molecule has 0 radical (unpaired) electrons. The van der Waals surface area contributed by atoms with E-state index in [2.05, 4.69) is 5.32 Å². The van der Waals surface area contributed by atoms with Gasteiger partial charge in [-0.2, -0.15) is 0 Å². The van der Waals surface area contributed by atoms with Crippen LogP contribution in [0.2, 0.25) is 0 Å². The van der Waals surface area contributed by atoms with Crippen LogP contribution in [0.5, 0.6) is 11.5 Å². The number of ether oxygens (including phenoxy) is 2. The fourth-order valence-electron chi connectivity index (χ4n) is 2.67. The van der Waals surface area contributed by atoms with Crippen molar-refractivity contribution in [1.29, 1.82) is 0 Å². The van der Waals surface area contributed by atoms with E-state index in [4.69, 9.17) is 9.47 Å². The van der Waals surface area contributed by atoms with E-state index in [0.717, 1.165) is 24.0 Å². The van der Waals surface area contributed by atoms with Crippen molar-refractivity contribution < 1.29 is 9.47 Å². The molecule has 100 valence electrons. The molecule has 1 aromatic rings. The van der Waals surface area contributed by atoms with Crippen LogP contribution in [0, 0.1) is 5.92 Å². The normalized spacial score (nSPS) is 17.7. The van der Waals surface area contributed by atoms with E-state index in [0.29, 0.717) is 6.04 Å². The zero-order chi connectivity index (χ0) is 12.8. The molecule has 3 nitrogen and oxygen atoms in total. The SMILES string of the molecule is CNC(COc1ccc(OC)cc1)C1CCCC1. The third kappa shape index (κ3) is 3.39. The monoisotopic (exact) mass is 249 g/mol. The maximum atomic E-state index is 5.85. The third-order valence-corrected chi connectivity index (χ3v) is 3.83. The number of methoxy groups -OCH3 is 1. The minimum absolute atomic E-state index is 0.467. The van der Waals surface area contributed by atoms with Crippen molar-refractivity contribution in [1.82, 2.24) is 5.32 Å². The Hall–Kier alpha value is -1.22. The smallest absolute Gasteiger partial charge is 0.119 e. The molecule has 0 heterocycles. The number of nitrogens with one attached hydrogen (secondary N) is 1. The van der Waals surface area contributed by atoms with Crippen molar-refractivity contribution in [3.63, 3.8) is 0 Å². The second-order valence-electron chi connectivity index (χ2n) is 4.93. The van der Waals surface area contributed by atoms with Gasteiger partial charge in [-0.05, 0) is 50.1 Å². The van der Waals surface area contributed by atoms with Gasteiger partial charge in [-0.3, -0.25) is 0 Å². The van der Waals surface area contributed by atoms with E-state index in [9.17, 15) is 0 Å². The summed E-state index contributed by atoms with van der Waals surface area (Å²) in [5.41, 5.74) is 0. The molecule has 1 N–H and O–H groups in total. The first-order valence-corrected chi connectivity index (χ1v) is 6.77. The van der Waals surface area contributed by atoms with E-state index in [-0.39, 0.29) is 0 Å². The van der Waals surface area contributed by atoms with E-state index < -0.39 is 0 Å². The molecule has 1 aliphatic rings. The van der Waals surface area contributed by atoms with Crippen molar-refractivity contribution in [3.05, 3.63) is 24.3 Å². The van der Waals surface area contributed by atoms with Crippen molar-refractivity contribution in [2.24, 2.45) is 5.92 Å². The highest BCUT2D eigenvalue weighted by Gasteiger charge is 2.24. The molecule has 1 aliphatic carbocycles. The van der Waals surface area contributed by atoms with Gasteiger partial charge in [-0.15, -0.1) is 0 Å². The highest BCUT2D eigenvalue weighted by Crippen LogP contribution is 2.28. The lowest BCUT2D eigenvalue weighted by molar-refractivity contribution is 0.224. The molecule has 1 atom stereocenters. The first-order valence-electron chi connectivity index (χ1n) is 6.77. The molecule has 0 aromatic heterocycles. The average Bonchev–Trinajstić information content (AvgIpc) is 2.94. The Bertz CT molecular complexity index is 344. The lowest BCUT2D eigenvalue weighted by Crippen LogP contribution is -2.37. The van der Waals surface area contributed by atoms with Crippen LogP contribution in [0.25, 0.3) is 0 Å². The van der Waals surface area contributed by atoms with Gasteiger partial charge in [0.05, 0.1) is 7.11 Å². The fraction of sp³-hybridized carbons (Fsp3) is 0.600. The molecule has 1 fully saturated rings. The Morgan fingerprint density at radius 1 is 1.17 bits per heavy atom. The topological polar surface area (TPSA) is 30.5 Å². The average molecular weight is 249 g/mol. The Morgan fingerprint density at radius 2 is 1.78 bits per heavy atom. The van der Waals surface area contributed by atoms with Crippen LogP contribution in [-0.2, 0) is 0 Å². The van der Waals surface area contributed by atoms with Crippen LogP contribution in [-0.4, -0.2) is 26.8 Å². The van der Waals surface area contributed by atoms with E-state index in [1.165, 1.54) is 25.7 Å². The van der Waals surface area contributed by atoms with Gasteiger partial charge in [0.15, 0.2) is 0 Å². The lowest BCUT2D eigenvalue weighted by Gasteiger charge is -2.23. The highest BCUT2D eigenvalue weighted by molar-refractivity contribution is 5.31. The van der Waals surface area contributed by atoms with Crippen molar-refractivity contribution in [3.8, 4) is 11.5 Å². The summed E-state index contributed by atoms with van der Waals surface area (Å²) >= 11 is 0. The second-order valence-corrected chi connectivity index (χ2v) is 4.93. The molecule has 0 amide bonds. The van der Waals surface area contributed by atoms with Crippen LogP contribution in [0.1, 0.15) is 25.7 Å². The van der Waals surface area contributed by atoms with Gasteiger partial charge < -0.3 is 14.8 Å². The van der Waals surface area contributed by atoms with Crippen molar-refractivity contribution in [2.75, 3.05) is 20.8 Å². The van der Waals surface area contributed by atoms with Gasteiger partial charge in [0.2, 0.25) is 0 Å². The number of benzene rings is 1. The molecule has 1 unspecified atom stereocenters. The first kappa shape index (κ1) is 13.2. The molecule has 18 heavy (non-hydrogen) atoms. The minimum atomic E-state index is 0.467. The Kier molecular flexibility index (Phi) is 4.88. The maximum absolute atomic E-state index is 5.85. The number of likely N-dealkylation sites (N-methyl/N-ethyl adjacent to an activating group) is 1. The van der Waals surface area contributed by atoms with Gasteiger partial charge in [-0.1, -0.05) is 12.8 Å². The number of rotatable bonds is 6. The number of hydrogen-bond donors (Lipinski definition) is 1. The number of hydrogen-bond acceptors (Lipinski definition) is 3. The quantitative estimate of drug-likeness (QED) is 0.841. The van der Waals surface area contributed by atoms with E-state index in [1.807, 2.05) is 31.3 Å². The molecule has 3 heteroatoms. The summed E-state index contributed by atoms with van der Waals surface area (Å²) in [5.74, 6) is 2.55. The fourth-order valence-corrected chi connectivity index (χ4v) is 2.67. The Balaban J connectivity index is 1.84. The molecular weight excluding hydrogens is 226 g/mol. The molecule has 0 bridgehead atoms. The van der Waals surface area contributed by atoms with Gasteiger partial charge in [0, 0.05) is 6.04 Å². The Labute approximate surface area is 109 Å². The summed E-state index contributed by atoms with van der Waals surface area (Å²) in [6, 6.07) is 8.24. The predicted octanol–water partition coefficient (Wildman–Crippen LogP) is 2.85. The summed E-state index contributed by atoms with van der Waals surface area (Å²) in [7, 11) is 3.70. The standard InChI is InChI=1S/C15H23NO2/c1-16-15(12-5-3-4-6-12)11-18-14-9-7-13(17-2)8-10-14/h7-10,12,15-16H,3-6,11H2,1-2H3. The molecular formula is C15H23NO2. The molecule has 0 saturated heterocycles. The zero-order valence-electron chi connectivity index (χ0n) is 11.3. The molecule has 0 aliphatic heterocycles. The summed E-state index contributed by atoms with van der Waals surface area (Å²) in [4.78, 5) is 0. The highest BCUT2D eigenvalue weighted by atomic mass is 16.5. The van der Waals surface area contributed by atoms with E-state index in [1.54, 1.807) is 7.11 Å². The van der Waals surface area contributed by atoms with Crippen LogP contribution in [0.4, 0.5) is 0 Å². The molecule has 2 rings (SSSR count). The maximum Gasteiger partial charge on any atom is 0.119 e. The first-order chi connectivity index (χ1) is 8.83. The summed E-state index contributed by atoms with van der Waals surface area (Å²) in [6.07, 6.45) is 5.39. The summed E-state index contributed by atoms with van der Waals surface area (Å²) < 4.78 is 11.0. The lowest BCUT2D eigenvalue weighted by atomic mass is 9.99. The predicted molar refractivity (Wildman–Crippen MR) is 73.3 cm³/mol. The zero-order valence-corrected chi connectivity index (χ0v) is 11.3. The second kappa shape index (κ2) is 6.64. The van der Waals surface area contributed by atoms with Gasteiger partial charge in [0.25, 0.3) is 0 Å². The third-order valence-electron chi connectivity index (χ3n) is 3.83. The minimum Gasteiger partial charge on any atom is -0.497 e. The van der Waals surface area contributed by atoms with Gasteiger partial charge in [0.1, 0.15) is 18.1 Å². The van der Waals surface area contributed by atoms with Crippen molar-refractivity contribution >= 4 is 0 Å². The summed E-state index contributed by atoms with van der Waals surface area (Å²) in [6.45, 7) is 0.744. The molecule has 0 spiro atoms. The summed E-state index contributed by atoms with van der Waals surface area (Å²) in [5, 5.41) is 3.39. The van der Waals surface area contributed by atoms with Gasteiger partial charge in [-0.25, -0.2) is 0 Å². The Morgan fingerprint density at radius 3 is 2.33 bits per heavy atom. The van der Waals surface area contributed by atoms with Gasteiger partial charge >= 0.3 is 0 Å². The van der Waals surface area contributed by atoms with Crippen LogP contribution < -0.4 is 14.8 Å². The molecule has 1 aromatic carbocycles. The van der Waals surface area contributed by atoms with E-state index >= 15 is 0 Å². The largest absolute Gasteiger partial charge is 0.497 e. The molecule has 1 saturated carbocycles.